The monoisotopic (exact) mass is 302 g/mol. The molecule has 6 heteroatoms. The van der Waals surface area contributed by atoms with Gasteiger partial charge in [0.1, 0.15) is 0 Å². The quantitative estimate of drug-likeness (QED) is 0.679. The van der Waals surface area contributed by atoms with Gasteiger partial charge in [-0.25, -0.2) is 9.97 Å². The molecule has 0 aliphatic carbocycles. The van der Waals surface area contributed by atoms with Crippen LogP contribution in [0.4, 0.5) is 0 Å². The number of amides is 1. The van der Waals surface area contributed by atoms with E-state index < -0.39 is 0 Å². The highest BCUT2D eigenvalue weighted by Crippen LogP contribution is 2.15. The molecule has 1 N–H and O–H groups in total. The van der Waals surface area contributed by atoms with Crippen LogP contribution in [0, 0.1) is 13.8 Å². The van der Waals surface area contributed by atoms with E-state index in [4.69, 9.17) is 0 Å². The number of hydrogen-bond acceptors (Lipinski definition) is 5. The first-order valence-corrected chi connectivity index (χ1v) is 7.67. The van der Waals surface area contributed by atoms with Gasteiger partial charge in [-0.05, 0) is 38.5 Å². The van der Waals surface area contributed by atoms with Gasteiger partial charge in [0.05, 0.1) is 11.8 Å². The Morgan fingerprint density at radius 3 is 2.67 bits per heavy atom. The third-order valence-corrected chi connectivity index (χ3v) is 3.70. The Labute approximate surface area is 128 Å². The number of carbonyl (C=O) groups is 1. The van der Waals surface area contributed by atoms with Crippen molar-refractivity contribution in [2.75, 3.05) is 5.75 Å². The Morgan fingerprint density at radius 1 is 1.33 bits per heavy atom. The number of aromatic nitrogens is 3. The predicted octanol–water partition coefficient (Wildman–Crippen LogP) is 2.46. The number of nitrogens with zero attached hydrogens (tertiary/aromatic N) is 3. The van der Waals surface area contributed by atoms with E-state index in [-0.39, 0.29) is 11.9 Å². The molecule has 2 aromatic heterocycles. The highest BCUT2D eigenvalue weighted by atomic mass is 32.2. The van der Waals surface area contributed by atoms with Crippen LogP contribution >= 0.6 is 11.8 Å². The average Bonchev–Trinajstić information content (AvgIpc) is 2.45. The number of aryl methyl sites for hydroxylation is 2. The first kappa shape index (κ1) is 15.4. The fraction of sp³-hybridized carbons (Fsp3) is 0.333. The second kappa shape index (κ2) is 7.17. The van der Waals surface area contributed by atoms with Gasteiger partial charge in [-0.3, -0.25) is 9.78 Å². The summed E-state index contributed by atoms with van der Waals surface area (Å²) in [6.45, 7) is 5.78. The zero-order valence-corrected chi connectivity index (χ0v) is 13.1. The third-order valence-electron chi connectivity index (χ3n) is 2.86. The lowest BCUT2D eigenvalue weighted by Gasteiger charge is -2.13. The smallest absolute Gasteiger partial charge is 0.230 e. The van der Waals surface area contributed by atoms with Gasteiger partial charge in [-0.15, -0.1) is 0 Å². The van der Waals surface area contributed by atoms with E-state index in [9.17, 15) is 4.79 Å². The maximum Gasteiger partial charge on any atom is 0.230 e. The minimum atomic E-state index is -0.0630. The summed E-state index contributed by atoms with van der Waals surface area (Å²) < 4.78 is 0. The molecule has 1 unspecified atom stereocenters. The van der Waals surface area contributed by atoms with Gasteiger partial charge in [-0.1, -0.05) is 17.8 Å². The Balaban J connectivity index is 1.87. The standard InChI is InChI=1S/C15H18N4OS/c1-10-7-11(2)18-15(17-10)21-9-14(20)19-12(3)13-5-4-6-16-8-13/h4-8,12H,9H2,1-3H3,(H,19,20). The van der Waals surface area contributed by atoms with Crippen molar-refractivity contribution in [2.24, 2.45) is 0 Å². The van der Waals surface area contributed by atoms with Crippen molar-refractivity contribution in [3.8, 4) is 0 Å². The molecule has 110 valence electrons. The molecule has 0 saturated carbocycles. The second-order valence-corrected chi connectivity index (χ2v) is 5.74. The molecule has 1 amide bonds. The van der Waals surface area contributed by atoms with Gasteiger partial charge in [0, 0.05) is 23.8 Å². The molecule has 0 aliphatic heterocycles. The predicted molar refractivity (Wildman–Crippen MR) is 83.0 cm³/mol. The van der Waals surface area contributed by atoms with Crippen molar-refractivity contribution in [2.45, 2.75) is 32.0 Å². The summed E-state index contributed by atoms with van der Waals surface area (Å²) >= 11 is 1.34. The molecule has 2 rings (SSSR count). The van der Waals surface area contributed by atoms with E-state index in [0.29, 0.717) is 10.9 Å². The summed E-state index contributed by atoms with van der Waals surface area (Å²) in [6, 6.07) is 5.65. The fourth-order valence-electron chi connectivity index (χ4n) is 1.89. The van der Waals surface area contributed by atoms with Crippen LogP contribution in [0.1, 0.15) is 29.9 Å². The zero-order chi connectivity index (χ0) is 15.2. The highest BCUT2D eigenvalue weighted by molar-refractivity contribution is 7.99. The topological polar surface area (TPSA) is 67.8 Å². The van der Waals surface area contributed by atoms with Crippen molar-refractivity contribution < 1.29 is 4.79 Å². The highest BCUT2D eigenvalue weighted by Gasteiger charge is 2.11. The van der Waals surface area contributed by atoms with Crippen molar-refractivity contribution in [3.05, 3.63) is 47.5 Å². The largest absolute Gasteiger partial charge is 0.349 e. The van der Waals surface area contributed by atoms with E-state index >= 15 is 0 Å². The lowest BCUT2D eigenvalue weighted by molar-refractivity contribution is -0.119. The van der Waals surface area contributed by atoms with Crippen molar-refractivity contribution >= 4 is 17.7 Å². The molecule has 0 spiro atoms. The number of hydrogen-bond donors (Lipinski definition) is 1. The number of carbonyl (C=O) groups excluding carboxylic acids is 1. The van der Waals surface area contributed by atoms with Gasteiger partial charge in [0.2, 0.25) is 5.91 Å². The van der Waals surface area contributed by atoms with E-state index in [1.54, 1.807) is 12.4 Å². The van der Waals surface area contributed by atoms with Crippen molar-refractivity contribution in [3.63, 3.8) is 0 Å². The first-order chi connectivity index (χ1) is 10.0. The molecular formula is C15H18N4OS. The van der Waals surface area contributed by atoms with Crippen LogP contribution in [0.15, 0.2) is 35.7 Å². The Hall–Kier alpha value is -1.95. The Bertz CT molecular complexity index is 598. The molecule has 21 heavy (non-hydrogen) atoms. The Morgan fingerprint density at radius 2 is 2.05 bits per heavy atom. The van der Waals surface area contributed by atoms with Crippen molar-refractivity contribution in [1.29, 1.82) is 0 Å². The second-order valence-electron chi connectivity index (χ2n) is 4.80. The number of rotatable bonds is 5. The van der Waals surface area contributed by atoms with E-state index in [1.165, 1.54) is 11.8 Å². The molecule has 0 fully saturated rings. The van der Waals surface area contributed by atoms with Gasteiger partial charge in [0.25, 0.3) is 0 Å². The maximum atomic E-state index is 12.0. The average molecular weight is 302 g/mol. The summed E-state index contributed by atoms with van der Waals surface area (Å²) in [4.78, 5) is 24.6. The van der Waals surface area contributed by atoms with E-state index in [0.717, 1.165) is 17.0 Å². The first-order valence-electron chi connectivity index (χ1n) is 6.69. The van der Waals surface area contributed by atoms with E-state index in [1.807, 2.05) is 39.0 Å². The summed E-state index contributed by atoms with van der Waals surface area (Å²) in [5.74, 6) is 0.257. The summed E-state index contributed by atoms with van der Waals surface area (Å²) in [5.41, 5.74) is 2.81. The van der Waals surface area contributed by atoms with Gasteiger partial charge >= 0.3 is 0 Å². The molecule has 0 saturated heterocycles. The molecule has 1 atom stereocenters. The normalized spacial score (nSPS) is 12.0. The lowest BCUT2D eigenvalue weighted by Crippen LogP contribution is -2.28. The summed E-state index contributed by atoms with van der Waals surface area (Å²) in [7, 11) is 0. The molecule has 0 radical (unpaired) electrons. The SMILES string of the molecule is Cc1cc(C)nc(SCC(=O)NC(C)c2cccnc2)n1. The maximum absolute atomic E-state index is 12.0. The van der Waals surface area contributed by atoms with Crippen molar-refractivity contribution in [1.82, 2.24) is 20.3 Å². The third kappa shape index (κ3) is 4.82. The fourth-order valence-corrected chi connectivity index (χ4v) is 2.65. The number of thioether (sulfide) groups is 1. The molecule has 2 aromatic rings. The van der Waals surface area contributed by atoms with Crippen LogP contribution in [-0.2, 0) is 4.79 Å². The summed E-state index contributed by atoms with van der Waals surface area (Å²) in [5, 5.41) is 3.58. The van der Waals surface area contributed by atoms with Crippen LogP contribution in [0.3, 0.4) is 0 Å². The van der Waals surface area contributed by atoms with E-state index in [2.05, 4.69) is 20.3 Å². The lowest BCUT2D eigenvalue weighted by atomic mass is 10.1. The Kier molecular flexibility index (Phi) is 5.27. The molecule has 2 heterocycles. The minimum absolute atomic E-state index is 0.0425. The number of pyridine rings is 1. The van der Waals surface area contributed by atoms with Gasteiger partial charge < -0.3 is 5.32 Å². The van der Waals surface area contributed by atoms with Crippen LogP contribution in [-0.4, -0.2) is 26.6 Å². The van der Waals surface area contributed by atoms with Crippen LogP contribution in [0.25, 0.3) is 0 Å². The van der Waals surface area contributed by atoms with Crippen LogP contribution in [0.5, 0.6) is 0 Å². The molecule has 0 aromatic carbocycles. The molecule has 0 bridgehead atoms. The molecule has 0 aliphatic rings. The van der Waals surface area contributed by atoms with Crippen LogP contribution < -0.4 is 5.32 Å². The van der Waals surface area contributed by atoms with Crippen LogP contribution in [0.2, 0.25) is 0 Å². The molecular weight excluding hydrogens is 284 g/mol. The summed E-state index contributed by atoms with van der Waals surface area (Å²) in [6.07, 6.45) is 3.47. The molecule has 5 nitrogen and oxygen atoms in total. The number of nitrogens with one attached hydrogen (secondary N) is 1. The van der Waals surface area contributed by atoms with Gasteiger partial charge in [-0.2, -0.15) is 0 Å². The minimum Gasteiger partial charge on any atom is -0.349 e. The zero-order valence-electron chi connectivity index (χ0n) is 12.3. The van der Waals surface area contributed by atoms with Gasteiger partial charge in [0.15, 0.2) is 5.16 Å².